The number of aliphatic imine (C=N–C) groups is 1. The second-order valence-electron chi connectivity index (χ2n) is 1.95. The maximum atomic E-state index is 9.55. The first kappa shape index (κ1) is 7.34. The topological polar surface area (TPSA) is 55.4 Å². The summed E-state index contributed by atoms with van der Waals surface area (Å²) in [7, 11) is 0. The van der Waals surface area contributed by atoms with Gasteiger partial charge in [-0.05, 0) is 5.92 Å². The summed E-state index contributed by atoms with van der Waals surface area (Å²) in [5, 5.41) is 0. The van der Waals surface area contributed by atoms with Crippen LogP contribution in [0, 0.1) is 5.92 Å². The van der Waals surface area contributed by atoms with E-state index in [0.29, 0.717) is 0 Å². The number of carbonyl (C=O) groups excluding carboxylic acids is 1. The van der Waals surface area contributed by atoms with Crippen LogP contribution in [0.1, 0.15) is 13.8 Å². The first-order chi connectivity index (χ1) is 3.68. The monoisotopic (exact) mass is 114 g/mol. The molecule has 46 valence electrons. The number of nitrogens with zero attached hydrogens (tertiary/aromatic N) is 1. The Bertz CT molecular complexity index is 105. The van der Waals surface area contributed by atoms with Gasteiger partial charge in [-0.25, -0.2) is 4.79 Å². The average Bonchev–Trinajstić information content (AvgIpc) is 1.67. The lowest BCUT2D eigenvalue weighted by atomic mass is 10.2. The molecule has 0 aromatic carbocycles. The largest absolute Gasteiger partial charge is 0.309 e. The molecule has 8 heavy (non-hydrogen) atoms. The number of hydrogen-bond donors (Lipinski definition) is 1. The molecule has 0 aromatic heterocycles. The molecule has 1 atom stereocenters. The fraction of sp³-hybridized carbons (Fsp3) is 0.800. The van der Waals surface area contributed by atoms with Crippen molar-refractivity contribution in [2.24, 2.45) is 16.6 Å². The van der Waals surface area contributed by atoms with E-state index < -0.39 is 0 Å². The van der Waals surface area contributed by atoms with Gasteiger partial charge in [0.25, 0.3) is 0 Å². The van der Waals surface area contributed by atoms with Crippen molar-refractivity contribution in [1.29, 1.82) is 0 Å². The normalized spacial score (nSPS) is 13.0. The Hall–Kier alpha value is -0.660. The van der Waals surface area contributed by atoms with Gasteiger partial charge in [-0.3, -0.25) is 0 Å². The Balaban J connectivity index is 3.63. The number of isocyanates is 1. The van der Waals surface area contributed by atoms with Crippen LogP contribution >= 0.6 is 0 Å². The molecule has 0 amide bonds. The van der Waals surface area contributed by atoms with Gasteiger partial charge in [0.05, 0.1) is 0 Å². The molecule has 0 aliphatic heterocycles. The van der Waals surface area contributed by atoms with Crippen molar-refractivity contribution >= 4 is 6.08 Å². The zero-order valence-corrected chi connectivity index (χ0v) is 5.09. The smallest absolute Gasteiger partial charge is 0.236 e. The Morgan fingerprint density at radius 2 is 2.12 bits per heavy atom. The van der Waals surface area contributed by atoms with Crippen LogP contribution in [0.3, 0.4) is 0 Å². The Morgan fingerprint density at radius 1 is 1.62 bits per heavy atom. The molecule has 2 N–H and O–H groups in total. The lowest BCUT2D eigenvalue weighted by Gasteiger charge is -2.05. The predicted molar refractivity (Wildman–Crippen MR) is 30.9 cm³/mol. The minimum atomic E-state index is -0.382. The Labute approximate surface area is 48.6 Å². The van der Waals surface area contributed by atoms with Crippen molar-refractivity contribution in [3.63, 3.8) is 0 Å². The molecule has 0 bridgehead atoms. The maximum Gasteiger partial charge on any atom is 0.236 e. The lowest BCUT2D eigenvalue weighted by molar-refractivity contribution is 0.498. The number of nitrogens with two attached hydrogens (primary N) is 1. The van der Waals surface area contributed by atoms with E-state index in [0.717, 1.165) is 0 Å². The standard InChI is InChI=1S/C5H10N2O/c1-4(2)5(6)7-3-8/h4-5H,6H2,1-2H3. The van der Waals surface area contributed by atoms with Crippen LogP contribution in [0.25, 0.3) is 0 Å². The van der Waals surface area contributed by atoms with E-state index in [1.807, 2.05) is 13.8 Å². The van der Waals surface area contributed by atoms with Gasteiger partial charge >= 0.3 is 0 Å². The van der Waals surface area contributed by atoms with Crippen LogP contribution in [-0.2, 0) is 4.79 Å². The molecule has 0 heterocycles. The van der Waals surface area contributed by atoms with Crippen LogP contribution in [0.2, 0.25) is 0 Å². The molecule has 0 aliphatic carbocycles. The summed E-state index contributed by atoms with van der Waals surface area (Å²) in [5.41, 5.74) is 5.30. The highest BCUT2D eigenvalue weighted by Crippen LogP contribution is 1.96. The fourth-order valence-electron chi connectivity index (χ4n) is 0.210. The second kappa shape index (κ2) is 3.36. The van der Waals surface area contributed by atoms with Crippen LogP contribution < -0.4 is 5.73 Å². The van der Waals surface area contributed by atoms with Crippen molar-refractivity contribution in [3.05, 3.63) is 0 Å². The van der Waals surface area contributed by atoms with Gasteiger partial charge in [-0.2, -0.15) is 4.99 Å². The van der Waals surface area contributed by atoms with E-state index in [1.54, 1.807) is 0 Å². The summed E-state index contributed by atoms with van der Waals surface area (Å²) in [4.78, 5) is 12.8. The van der Waals surface area contributed by atoms with E-state index in [4.69, 9.17) is 5.73 Å². The summed E-state index contributed by atoms with van der Waals surface area (Å²) in [6, 6.07) is 0. The zero-order chi connectivity index (χ0) is 6.57. The van der Waals surface area contributed by atoms with Gasteiger partial charge in [0.15, 0.2) is 0 Å². The van der Waals surface area contributed by atoms with Gasteiger partial charge in [0.1, 0.15) is 6.17 Å². The van der Waals surface area contributed by atoms with Crippen LogP contribution in [0.4, 0.5) is 0 Å². The van der Waals surface area contributed by atoms with Gasteiger partial charge in [-0.1, -0.05) is 13.8 Å². The average molecular weight is 114 g/mol. The van der Waals surface area contributed by atoms with Gasteiger partial charge in [0, 0.05) is 0 Å². The minimum Gasteiger partial charge on any atom is -0.309 e. The van der Waals surface area contributed by atoms with E-state index in [-0.39, 0.29) is 12.1 Å². The Kier molecular flexibility index (Phi) is 3.08. The van der Waals surface area contributed by atoms with E-state index >= 15 is 0 Å². The molecule has 0 rings (SSSR count). The predicted octanol–water partition coefficient (Wildman–Crippen LogP) is 0.263. The summed E-state index contributed by atoms with van der Waals surface area (Å²) in [5.74, 6) is 0.219. The summed E-state index contributed by atoms with van der Waals surface area (Å²) >= 11 is 0. The molecule has 0 radical (unpaired) electrons. The molecule has 0 aromatic rings. The molecular formula is C5H10N2O. The molecule has 0 aliphatic rings. The molecule has 0 saturated heterocycles. The molecule has 1 unspecified atom stereocenters. The first-order valence-electron chi connectivity index (χ1n) is 2.51. The van der Waals surface area contributed by atoms with Crippen molar-refractivity contribution in [3.8, 4) is 0 Å². The third-order valence-corrected chi connectivity index (χ3v) is 0.885. The van der Waals surface area contributed by atoms with Crippen molar-refractivity contribution in [2.75, 3.05) is 0 Å². The maximum absolute atomic E-state index is 9.55. The SMILES string of the molecule is CC(C)C(N)N=C=O. The fourth-order valence-corrected chi connectivity index (χ4v) is 0.210. The van der Waals surface area contributed by atoms with Crippen LogP contribution in [-0.4, -0.2) is 12.2 Å². The summed E-state index contributed by atoms with van der Waals surface area (Å²) in [6.45, 7) is 3.79. The van der Waals surface area contributed by atoms with Crippen molar-refractivity contribution < 1.29 is 4.79 Å². The summed E-state index contributed by atoms with van der Waals surface area (Å²) < 4.78 is 0. The van der Waals surface area contributed by atoms with E-state index in [1.165, 1.54) is 6.08 Å². The first-order valence-corrected chi connectivity index (χ1v) is 2.51. The van der Waals surface area contributed by atoms with Crippen LogP contribution in [0.15, 0.2) is 4.99 Å². The summed E-state index contributed by atoms with van der Waals surface area (Å²) in [6.07, 6.45) is 1.02. The van der Waals surface area contributed by atoms with Crippen molar-refractivity contribution in [2.45, 2.75) is 20.0 Å². The van der Waals surface area contributed by atoms with Gasteiger partial charge in [-0.15, -0.1) is 0 Å². The molecule has 0 saturated carbocycles. The number of rotatable bonds is 2. The second-order valence-corrected chi connectivity index (χ2v) is 1.95. The van der Waals surface area contributed by atoms with E-state index in [9.17, 15) is 4.79 Å². The highest BCUT2D eigenvalue weighted by Gasteiger charge is 2.02. The van der Waals surface area contributed by atoms with Crippen molar-refractivity contribution in [1.82, 2.24) is 0 Å². The van der Waals surface area contributed by atoms with E-state index in [2.05, 4.69) is 4.99 Å². The molecular weight excluding hydrogens is 104 g/mol. The molecule has 0 fully saturated rings. The highest BCUT2D eigenvalue weighted by atomic mass is 16.1. The molecule has 3 heteroatoms. The molecule has 3 nitrogen and oxygen atoms in total. The van der Waals surface area contributed by atoms with Gasteiger partial charge < -0.3 is 5.73 Å². The third-order valence-electron chi connectivity index (χ3n) is 0.885. The quantitative estimate of drug-likeness (QED) is 0.413. The Morgan fingerprint density at radius 3 is 2.25 bits per heavy atom. The lowest BCUT2D eigenvalue weighted by Crippen LogP contribution is -2.23. The molecule has 0 spiro atoms. The number of hydrogen-bond acceptors (Lipinski definition) is 3. The van der Waals surface area contributed by atoms with Crippen LogP contribution in [0.5, 0.6) is 0 Å². The highest BCUT2D eigenvalue weighted by molar-refractivity contribution is 5.33. The third kappa shape index (κ3) is 2.50. The minimum absolute atomic E-state index is 0.219. The van der Waals surface area contributed by atoms with Gasteiger partial charge in [0.2, 0.25) is 6.08 Å². The zero-order valence-electron chi connectivity index (χ0n) is 5.09.